The molecular formula is C17H19IN2O. The first-order valence-electron chi connectivity index (χ1n) is 6.81. The van der Waals surface area contributed by atoms with Crippen LogP contribution in [0.3, 0.4) is 0 Å². The first kappa shape index (κ1) is 15.8. The molecule has 1 atom stereocenters. The highest BCUT2D eigenvalue weighted by molar-refractivity contribution is 14.1. The molecular weight excluding hydrogens is 375 g/mol. The van der Waals surface area contributed by atoms with E-state index in [0.717, 1.165) is 5.69 Å². The van der Waals surface area contributed by atoms with Crippen molar-refractivity contribution in [3.8, 4) is 0 Å². The van der Waals surface area contributed by atoms with Gasteiger partial charge in [-0.1, -0.05) is 18.2 Å². The van der Waals surface area contributed by atoms with Gasteiger partial charge in [-0.05, 0) is 65.4 Å². The van der Waals surface area contributed by atoms with Crippen LogP contribution in [0.1, 0.15) is 28.9 Å². The number of amides is 1. The van der Waals surface area contributed by atoms with Gasteiger partial charge in [0, 0.05) is 35.0 Å². The molecule has 2 aromatic rings. The van der Waals surface area contributed by atoms with Crippen LogP contribution in [0.4, 0.5) is 5.69 Å². The van der Waals surface area contributed by atoms with Gasteiger partial charge < -0.3 is 10.2 Å². The molecule has 0 aliphatic carbocycles. The number of anilines is 1. The van der Waals surface area contributed by atoms with E-state index in [1.165, 1.54) is 9.13 Å². The highest BCUT2D eigenvalue weighted by Crippen LogP contribution is 2.21. The number of halogens is 1. The Hall–Kier alpha value is -1.56. The van der Waals surface area contributed by atoms with Crippen LogP contribution in [0.2, 0.25) is 0 Å². The fraction of sp³-hybridized carbons (Fsp3) is 0.235. The van der Waals surface area contributed by atoms with E-state index in [-0.39, 0.29) is 11.9 Å². The Bertz CT molecular complexity index is 623. The Morgan fingerprint density at radius 2 is 1.81 bits per heavy atom. The molecule has 2 rings (SSSR count). The molecule has 0 aromatic heterocycles. The van der Waals surface area contributed by atoms with Gasteiger partial charge in [0.2, 0.25) is 0 Å². The highest BCUT2D eigenvalue weighted by atomic mass is 127. The molecule has 2 aromatic carbocycles. The average Bonchev–Trinajstić information content (AvgIpc) is 2.47. The third kappa shape index (κ3) is 4.20. The van der Waals surface area contributed by atoms with Crippen molar-refractivity contribution in [3.63, 3.8) is 0 Å². The number of carbonyl (C=O) groups is 1. The van der Waals surface area contributed by atoms with Crippen molar-refractivity contribution in [1.29, 1.82) is 0 Å². The van der Waals surface area contributed by atoms with E-state index >= 15 is 0 Å². The van der Waals surface area contributed by atoms with Crippen LogP contribution in [-0.2, 0) is 0 Å². The predicted octanol–water partition coefficient (Wildman–Crippen LogP) is 4.17. The first-order chi connectivity index (χ1) is 9.97. The van der Waals surface area contributed by atoms with Gasteiger partial charge >= 0.3 is 0 Å². The standard InChI is InChI=1S/C17H19IN2O/c1-12(13-7-9-15(18)10-8-13)19-16-6-4-5-14(11-16)17(21)20(2)3/h4-12,19H,1-3H3. The smallest absolute Gasteiger partial charge is 0.253 e. The summed E-state index contributed by atoms with van der Waals surface area (Å²) in [5.74, 6) is 0.0144. The summed E-state index contributed by atoms with van der Waals surface area (Å²) < 4.78 is 1.22. The Kier molecular flexibility index (Phi) is 5.22. The molecule has 0 saturated carbocycles. The Morgan fingerprint density at radius 3 is 2.43 bits per heavy atom. The van der Waals surface area contributed by atoms with Crippen molar-refractivity contribution in [2.45, 2.75) is 13.0 Å². The lowest BCUT2D eigenvalue weighted by molar-refractivity contribution is 0.0827. The summed E-state index contributed by atoms with van der Waals surface area (Å²) in [6, 6.07) is 16.2. The Labute approximate surface area is 139 Å². The Balaban J connectivity index is 2.14. The minimum Gasteiger partial charge on any atom is -0.379 e. The molecule has 0 fully saturated rings. The van der Waals surface area contributed by atoms with E-state index in [1.807, 2.05) is 24.3 Å². The van der Waals surface area contributed by atoms with E-state index in [4.69, 9.17) is 0 Å². The maximum absolute atomic E-state index is 12.0. The van der Waals surface area contributed by atoms with Crippen molar-refractivity contribution >= 4 is 34.2 Å². The van der Waals surface area contributed by atoms with E-state index < -0.39 is 0 Å². The van der Waals surface area contributed by atoms with Gasteiger partial charge in [-0.2, -0.15) is 0 Å². The topological polar surface area (TPSA) is 32.3 Å². The summed E-state index contributed by atoms with van der Waals surface area (Å²) in [5, 5.41) is 3.44. The molecule has 0 heterocycles. The Morgan fingerprint density at radius 1 is 1.14 bits per heavy atom. The first-order valence-corrected chi connectivity index (χ1v) is 7.89. The zero-order valence-electron chi connectivity index (χ0n) is 12.4. The fourth-order valence-corrected chi connectivity index (χ4v) is 2.44. The highest BCUT2D eigenvalue weighted by Gasteiger charge is 2.10. The van der Waals surface area contributed by atoms with Crippen LogP contribution < -0.4 is 5.32 Å². The molecule has 1 N–H and O–H groups in total. The fourth-order valence-electron chi connectivity index (χ4n) is 2.08. The predicted molar refractivity (Wildman–Crippen MR) is 95.7 cm³/mol. The second kappa shape index (κ2) is 6.93. The number of carbonyl (C=O) groups excluding carboxylic acids is 1. The van der Waals surface area contributed by atoms with Crippen molar-refractivity contribution in [2.75, 3.05) is 19.4 Å². The minimum atomic E-state index is 0.0144. The number of benzene rings is 2. The van der Waals surface area contributed by atoms with Gasteiger partial charge in [0.25, 0.3) is 5.91 Å². The zero-order valence-corrected chi connectivity index (χ0v) is 14.6. The summed E-state index contributed by atoms with van der Waals surface area (Å²) >= 11 is 2.30. The summed E-state index contributed by atoms with van der Waals surface area (Å²) in [7, 11) is 3.52. The van der Waals surface area contributed by atoms with Crippen LogP contribution in [0.15, 0.2) is 48.5 Å². The molecule has 0 bridgehead atoms. The summed E-state index contributed by atoms with van der Waals surface area (Å²) in [5.41, 5.74) is 2.87. The lowest BCUT2D eigenvalue weighted by Gasteiger charge is -2.17. The normalized spacial score (nSPS) is 11.8. The number of hydrogen-bond donors (Lipinski definition) is 1. The lowest BCUT2D eigenvalue weighted by Crippen LogP contribution is -2.21. The van der Waals surface area contributed by atoms with Gasteiger partial charge in [-0.15, -0.1) is 0 Å². The van der Waals surface area contributed by atoms with Gasteiger partial charge in [0.05, 0.1) is 0 Å². The summed E-state index contributed by atoms with van der Waals surface area (Å²) in [6.07, 6.45) is 0. The van der Waals surface area contributed by atoms with Crippen LogP contribution in [-0.4, -0.2) is 24.9 Å². The monoisotopic (exact) mass is 394 g/mol. The van der Waals surface area contributed by atoms with Crippen LogP contribution in [0.25, 0.3) is 0 Å². The SMILES string of the molecule is CC(Nc1cccc(C(=O)N(C)C)c1)c1ccc(I)cc1. The van der Waals surface area contributed by atoms with Crippen LogP contribution in [0, 0.1) is 3.57 Å². The zero-order chi connectivity index (χ0) is 15.4. The quantitative estimate of drug-likeness (QED) is 0.790. The number of nitrogens with one attached hydrogen (secondary N) is 1. The van der Waals surface area contributed by atoms with Crippen LogP contribution >= 0.6 is 22.6 Å². The average molecular weight is 394 g/mol. The number of hydrogen-bond acceptors (Lipinski definition) is 2. The van der Waals surface area contributed by atoms with Crippen molar-refractivity contribution < 1.29 is 4.79 Å². The van der Waals surface area contributed by atoms with Crippen molar-refractivity contribution in [2.24, 2.45) is 0 Å². The molecule has 1 unspecified atom stereocenters. The molecule has 4 heteroatoms. The molecule has 0 radical (unpaired) electrons. The summed E-state index contributed by atoms with van der Waals surface area (Å²) in [6.45, 7) is 2.11. The lowest BCUT2D eigenvalue weighted by atomic mass is 10.1. The number of nitrogens with zero attached hydrogens (tertiary/aromatic N) is 1. The molecule has 0 spiro atoms. The molecule has 1 amide bonds. The third-order valence-electron chi connectivity index (χ3n) is 3.27. The van der Waals surface area contributed by atoms with E-state index in [9.17, 15) is 4.79 Å². The molecule has 21 heavy (non-hydrogen) atoms. The third-order valence-corrected chi connectivity index (χ3v) is 3.99. The molecule has 0 saturated heterocycles. The van der Waals surface area contributed by atoms with Gasteiger partial charge in [0.1, 0.15) is 0 Å². The maximum atomic E-state index is 12.0. The van der Waals surface area contributed by atoms with E-state index in [1.54, 1.807) is 19.0 Å². The minimum absolute atomic E-state index is 0.0144. The molecule has 3 nitrogen and oxygen atoms in total. The van der Waals surface area contributed by atoms with Crippen molar-refractivity contribution in [1.82, 2.24) is 4.90 Å². The van der Waals surface area contributed by atoms with Crippen LogP contribution in [0.5, 0.6) is 0 Å². The van der Waals surface area contributed by atoms with Crippen molar-refractivity contribution in [3.05, 3.63) is 63.2 Å². The second-order valence-corrected chi connectivity index (χ2v) is 6.44. The van der Waals surface area contributed by atoms with E-state index in [2.05, 4.69) is 59.1 Å². The number of rotatable bonds is 4. The second-order valence-electron chi connectivity index (χ2n) is 5.20. The molecule has 0 aliphatic heterocycles. The maximum Gasteiger partial charge on any atom is 0.253 e. The van der Waals surface area contributed by atoms with E-state index in [0.29, 0.717) is 5.56 Å². The largest absolute Gasteiger partial charge is 0.379 e. The van der Waals surface area contributed by atoms with Gasteiger partial charge in [-0.25, -0.2) is 0 Å². The van der Waals surface area contributed by atoms with Gasteiger partial charge in [0.15, 0.2) is 0 Å². The summed E-state index contributed by atoms with van der Waals surface area (Å²) in [4.78, 5) is 13.6. The van der Waals surface area contributed by atoms with Gasteiger partial charge in [-0.3, -0.25) is 4.79 Å². The molecule has 110 valence electrons. The molecule has 0 aliphatic rings.